The van der Waals surface area contributed by atoms with Gasteiger partial charge in [0, 0.05) is 31.7 Å². The molecule has 0 unspecified atom stereocenters. The lowest BCUT2D eigenvalue weighted by atomic mass is 10.1. The lowest BCUT2D eigenvalue weighted by molar-refractivity contribution is 0.0624. The molecule has 0 bridgehead atoms. The highest BCUT2D eigenvalue weighted by Crippen LogP contribution is 2.17. The molecule has 1 amide bonds. The Balaban J connectivity index is 1.34. The third-order valence-corrected chi connectivity index (χ3v) is 5.10. The van der Waals surface area contributed by atoms with Gasteiger partial charge < -0.3 is 9.64 Å². The van der Waals surface area contributed by atoms with Gasteiger partial charge in [-0.3, -0.25) is 9.69 Å². The first-order valence-electron chi connectivity index (χ1n) is 10.3. The summed E-state index contributed by atoms with van der Waals surface area (Å²) in [6.45, 7) is 7.18. The second-order valence-electron chi connectivity index (χ2n) is 7.74. The van der Waals surface area contributed by atoms with Crippen LogP contribution in [0.15, 0.2) is 48.5 Å². The van der Waals surface area contributed by atoms with E-state index in [0.29, 0.717) is 36.7 Å². The first-order valence-corrected chi connectivity index (χ1v) is 10.3. The van der Waals surface area contributed by atoms with Gasteiger partial charge in [-0.05, 0) is 72.8 Å². The maximum absolute atomic E-state index is 13.2. The number of amides is 1. The number of carbonyl (C=O) groups is 1. The second-order valence-corrected chi connectivity index (χ2v) is 7.74. The minimum absolute atomic E-state index is 0.0203. The van der Waals surface area contributed by atoms with Gasteiger partial charge in [0.05, 0.1) is 18.3 Å². The lowest BCUT2D eigenvalue weighted by Crippen LogP contribution is -2.48. The third-order valence-electron chi connectivity index (χ3n) is 5.10. The van der Waals surface area contributed by atoms with Crippen molar-refractivity contribution in [3.05, 3.63) is 65.7 Å². The Hall–Kier alpha value is -3.33. The molecule has 1 aromatic heterocycles. The molecule has 8 nitrogen and oxygen atoms in total. The number of benzene rings is 2. The number of rotatable bonds is 6. The second kappa shape index (κ2) is 9.22. The number of hydrogen-bond donors (Lipinski definition) is 0. The summed E-state index contributed by atoms with van der Waals surface area (Å²) in [6, 6.07) is 13.3. The van der Waals surface area contributed by atoms with Crippen molar-refractivity contribution in [3.8, 4) is 11.4 Å². The SMILES string of the molecule is CC(C)Oc1ccc(C(=O)N2CCN(Cc3nnnn3-c3ccc(F)cc3)CC2)cc1. The fraction of sp³-hybridized carbons (Fsp3) is 0.364. The van der Waals surface area contributed by atoms with E-state index in [-0.39, 0.29) is 17.8 Å². The molecule has 0 N–H and O–H groups in total. The Morgan fingerprint density at radius 2 is 1.71 bits per heavy atom. The van der Waals surface area contributed by atoms with Crippen LogP contribution in [0.4, 0.5) is 4.39 Å². The van der Waals surface area contributed by atoms with Crippen LogP contribution < -0.4 is 4.74 Å². The van der Waals surface area contributed by atoms with E-state index in [1.54, 1.807) is 16.8 Å². The zero-order valence-corrected chi connectivity index (χ0v) is 17.6. The molecule has 31 heavy (non-hydrogen) atoms. The van der Waals surface area contributed by atoms with Gasteiger partial charge in [-0.2, -0.15) is 4.68 Å². The average Bonchev–Trinajstić information content (AvgIpc) is 3.22. The molecule has 0 spiro atoms. The van der Waals surface area contributed by atoms with Crippen LogP contribution in [0, 0.1) is 5.82 Å². The van der Waals surface area contributed by atoms with E-state index in [0.717, 1.165) is 18.8 Å². The summed E-state index contributed by atoms with van der Waals surface area (Å²) in [5.74, 6) is 1.15. The van der Waals surface area contributed by atoms with Crippen molar-refractivity contribution in [2.45, 2.75) is 26.5 Å². The largest absolute Gasteiger partial charge is 0.491 e. The molecule has 0 atom stereocenters. The number of aromatic nitrogens is 4. The van der Waals surface area contributed by atoms with Crippen LogP contribution in [0.3, 0.4) is 0 Å². The highest BCUT2D eigenvalue weighted by Gasteiger charge is 2.23. The van der Waals surface area contributed by atoms with Gasteiger partial charge in [-0.25, -0.2) is 4.39 Å². The predicted octanol–water partition coefficient (Wildman–Crippen LogP) is 2.55. The Bertz CT molecular complexity index is 1010. The average molecular weight is 424 g/mol. The van der Waals surface area contributed by atoms with E-state index in [1.165, 1.54) is 12.1 Å². The molecular weight excluding hydrogens is 399 g/mol. The van der Waals surface area contributed by atoms with Crippen LogP contribution in [-0.2, 0) is 6.54 Å². The zero-order chi connectivity index (χ0) is 21.8. The van der Waals surface area contributed by atoms with Crippen LogP contribution >= 0.6 is 0 Å². The fourth-order valence-electron chi connectivity index (χ4n) is 3.53. The van der Waals surface area contributed by atoms with E-state index in [1.807, 2.05) is 43.0 Å². The van der Waals surface area contributed by atoms with Crippen molar-refractivity contribution >= 4 is 5.91 Å². The Morgan fingerprint density at radius 3 is 2.35 bits per heavy atom. The number of tetrazole rings is 1. The zero-order valence-electron chi connectivity index (χ0n) is 17.6. The van der Waals surface area contributed by atoms with Crippen molar-refractivity contribution in [1.29, 1.82) is 0 Å². The molecule has 0 radical (unpaired) electrons. The molecule has 2 aromatic carbocycles. The number of halogens is 1. The lowest BCUT2D eigenvalue weighted by Gasteiger charge is -2.34. The van der Waals surface area contributed by atoms with Crippen molar-refractivity contribution in [1.82, 2.24) is 30.0 Å². The van der Waals surface area contributed by atoms with Gasteiger partial charge in [0.2, 0.25) is 0 Å². The molecule has 1 aliphatic rings. The van der Waals surface area contributed by atoms with Gasteiger partial charge in [0.15, 0.2) is 5.82 Å². The topological polar surface area (TPSA) is 76.4 Å². The van der Waals surface area contributed by atoms with E-state index >= 15 is 0 Å². The van der Waals surface area contributed by atoms with Crippen LogP contribution in [0.1, 0.15) is 30.0 Å². The monoisotopic (exact) mass is 424 g/mol. The summed E-state index contributed by atoms with van der Waals surface area (Å²) in [7, 11) is 0. The first-order chi connectivity index (χ1) is 15.0. The minimum atomic E-state index is -0.304. The van der Waals surface area contributed by atoms with Gasteiger partial charge in [-0.1, -0.05) is 0 Å². The van der Waals surface area contributed by atoms with Crippen molar-refractivity contribution in [2.24, 2.45) is 0 Å². The maximum Gasteiger partial charge on any atom is 0.253 e. The van der Waals surface area contributed by atoms with E-state index in [9.17, 15) is 9.18 Å². The van der Waals surface area contributed by atoms with Crippen LogP contribution in [0.5, 0.6) is 5.75 Å². The van der Waals surface area contributed by atoms with Gasteiger partial charge in [0.25, 0.3) is 5.91 Å². The minimum Gasteiger partial charge on any atom is -0.491 e. The smallest absolute Gasteiger partial charge is 0.253 e. The normalized spacial score (nSPS) is 14.8. The van der Waals surface area contributed by atoms with Gasteiger partial charge in [-0.15, -0.1) is 5.10 Å². The summed E-state index contributed by atoms with van der Waals surface area (Å²) in [5.41, 5.74) is 1.37. The molecule has 1 saturated heterocycles. The summed E-state index contributed by atoms with van der Waals surface area (Å²) in [5, 5.41) is 11.9. The summed E-state index contributed by atoms with van der Waals surface area (Å²) < 4.78 is 20.4. The molecule has 1 fully saturated rings. The number of carbonyl (C=O) groups excluding carboxylic acids is 1. The van der Waals surface area contributed by atoms with Crippen LogP contribution in [0.2, 0.25) is 0 Å². The highest BCUT2D eigenvalue weighted by molar-refractivity contribution is 5.94. The van der Waals surface area contributed by atoms with Crippen molar-refractivity contribution < 1.29 is 13.9 Å². The Labute approximate surface area is 180 Å². The maximum atomic E-state index is 13.2. The molecule has 2 heterocycles. The molecule has 9 heteroatoms. The standard InChI is InChI=1S/C22H25FN6O2/c1-16(2)31-20-9-3-17(4-10-20)22(30)28-13-11-27(12-14-28)15-21-24-25-26-29(21)19-7-5-18(23)6-8-19/h3-10,16H,11-15H2,1-2H3. The van der Waals surface area contributed by atoms with Crippen molar-refractivity contribution in [2.75, 3.05) is 26.2 Å². The summed E-state index contributed by atoms with van der Waals surface area (Å²) >= 11 is 0. The molecule has 0 aliphatic carbocycles. The molecule has 1 aliphatic heterocycles. The number of hydrogen-bond acceptors (Lipinski definition) is 6. The Morgan fingerprint density at radius 1 is 1.03 bits per heavy atom. The van der Waals surface area contributed by atoms with E-state index < -0.39 is 0 Å². The number of ether oxygens (including phenoxy) is 1. The first kappa shape index (κ1) is 20.9. The number of piperazine rings is 1. The predicted molar refractivity (Wildman–Crippen MR) is 112 cm³/mol. The van der Waals surface area contributed by atoms with Crippen LogP contribution in [0.25, 0.3) is 5.69 Å². The highest BCUT2D eigenvalue weighted by atomic mass is 19.1. The van der Waals surface area contributed by atoms with Crippen LogP contribution in [-0.4, -0.2) is 68.2 Å². The summed E-state index contributed by atoms with van der Waals surface area (Å²) in [6.07, 6.45) is 0.0960. The molecule has 4 rings (SSSR count). The number of nitrogens with zero attached hydrogens (tertiary/aromatic N) is 6. The molecular formula is C22H25FN6O2. The van der Waals surface area contributed by atoms with E-state index in [2.05, 4.69) is 20.4 Å². The van der Waals surface area contributed by atoms with E-state index in [4.69, 9.17) is 4.74 Å². The third kappa shape index (κ3) is 5.05. The molecule has 3 aromatic rings. The van der Waals surface area contributed by atoms with Gasteiger partial charge in [0.1, 0.15) is 11.6 Å². The molecule has 0 saturated carbocycles. The summed E-state index contributed by atoms with van der Waals surface area (Å²) in [4.78, 5) is 16.9. The quantitative estimate of drug-likeness (QED) is 0.605. The van der Waals surface area contributed by atoms with Gasteiger partial charge >= 0.3 is 0 Å². The molecule has 162 valence electrons. The van der Waals surface area contributed by atoms with Crippen molar-refractivity contribution in [3.63, 3.8) is 0 Å². The Kier molecular flexibility index (Phi) is 6.22. The fourth-order valence-corrected chi connectivity index (χ4v) is 3.53.